The normalized spacial score (nSPS) is 16.9. The highest BCUT2D eigenvalue weighted by atomic mass is 35.5. The number of nitrogens with zero attached hydrogens (tertiary/aromatic N) is 4. The molecule has 3 heterocycles. The van der Waals surface area contributed by atoms with E-state index in [1.807, 2.05) is 0 Å². The van der Waals surface area contributed by atoms with Crippen molar-refractivity contribution in [1.82, 2.24) is 15.0 Å². The Kier molecular flexibility index (Phi) is 5.28. The zero-order chi connectivity index (χ0) is 20.6. The second kappa shape index (κ2) is 7.74. The molecule has 0 atom stereocenters. The maximum absolute atomic E-state index is 11.4. The van der Waals surface area contributed by atoms with E-state index in [9.17, 15) is 8.42 Å². The highest BCUT2D eigenvalue weighted by Crippen LogP contribution is 2.33. The third kappa shape index (κ3) is 4.58. The first-order valence-electron chi connectivity index (χ1n) is 9.14. The lowest BCUT2D eigenvalue weighted by Crippen LogP contribution is -2.14. The Balaban J connectivity index is 1.56. The Morgan fingerprint density at radius 2 is 2.03 bits per heavy atom. The minimum absolute atomic E-state index is 0.236. The standard InChI is InChI=1S/C19H19ClN6O2S/c20-14-10-25-19(13-3-4-17(24-9-13)29(22,27)28)26-18(14)15(21)7-11-5-6-23-16(8-11)12-1-2-12/h3-4,8-10,12,21H,1-2,5-7H2,(H2,22,27,28). The monoisotopic (exact) mass is 430 g/mol. The van der Waals surface area contributed by atoms with Gasteiger partial charge in [0, 0.05) is 36.4 Å². The van der Waals surface area contributed by atoms with Gasteiger partial charge in [-0.1, -0.05) is 17.2 Å². The van der Waals surface area contributed by atoms with E-state index >= 15 is 0 Å². The highest BCUT2D eigenvalue weighted by molar-refractivity contribution is 7.89. The number of hydrogen-bond acceptors (Lipinski definition) is 7. The molecule has 4 rings (SSSR count). The molecule has 0 saturated heterocycles. The fourth-order valence-electron chi connectivity index (χ4n) is 3.13. The number of halogens is 1. The fourth-order valence-corrected chi connectivity index (χ4v) is 3.79. The number of sulfonamides is 1. The molecule has 29 heavy (non-hydrogen) atoms. The average molecular weight is 431 g/mol. The van der Waals surface area contributed by atoms with Gasteiger partial charge in [-0.25, -0.2) is 28.5 Å². The Bertz CT molecular complexity index is 1140. The molecule has 1 saturated carbocycles. The van der Waals surface area contributed by atoms with Crippen molar-refractivity contribution < 1.29 is 8.42 Å². The Morgan fingerprint density at radius 1 is 1.24 bits per heavy atom. The van der Waals surface area contributed by atoms with Gasteiger partial charge in [0.25, 0.3) is 10.0 Å². The molecular weight excluding hydrogens is 412 g/mol. The average Bonchev–Trinajstić information content (AvgIpc) is 3.53. The van der Waals surface area contributed by atoms with Gasteiger partial charge in [-0.3, -0.25) is 4.99 Å². The predicted molar refractivity (Wildman–Crippen MR) is 111 cm³/mol. The van der Waals surface area contributed by atoms with Crippen LogP contribution in [-0.2, 0) is 10.0 Å². The van der Waals surface area contributed by atoms with Crippen molar-refractivity contribution in [1.29, 1.82) is 5.41 Å². The summed E-state index contributed by atoms with van der Waals surface area (Å²) in [4.78, 5) is 17.0. The van der Waals surface area contributed by atoms with Crippen LogP contribution in [-0.4, -0.2) is 41.3 Å². The molecule has 0 spiro atoms. The Labute approximate surface area is 173 Å². The molecule has 1 fully saturated rings. The second-order valence-electron chi connectivity index (χ2n) is 7.11. The van der Waals surface area contributed by atoms with Crippen molar-refractivity contribution in [3.8, 4) is 11.4 Å². The molecular formula is C19H19ClN6O2S. The molecule has 1 aliphatic heterocycles. The van der Waals surface area contributed by atoms with E-state index < -0.39 is 10.0 Å². The van der Waals surface area contributed by atoms with Crippen LogP contribution in [0.5, 0.6) is 0 Å². The molecule has 0 radical (unpaired) electrons. The predicted octanol–water partition coefficient (Wildman–Crippen LogP) is 2.78. The molecule has 0 aromatic carbocycles. The lowest BCUT2D eigenvalue weighted by Gasteiger charge is -2.14. The van der Waals surface area contributed by atoms with Crippen LogP contribution in [0.1, 0.15) is 31.4 Å². The van der Waals surface area contributed by atoms with Gasteiger partial charge in [0.05, 0.1) is 16.9 Å². The number of nitrogens with two attached hydrogens (primary N) is 1. The molecule has 10 heteroatoms. The molecule has 150 valence electrons. The number of primary sulfonamides is 1. The minimum Gasteiger partial charge on any atom is -0.303 e. The number of allylic oxidation sites excluding steroid dienone is 1. The summed E-state index contributed by atoms with van der Waals surface area (Å²) in [6, 6.07) is 2.81. The van der Waals surface area contributed by atoms with E-state index in [4.69, 9.17) is 22.1 Å². The molecule has 2 aromatic heterocycles. The van der Waals surface area contributed by atoms with Crippen LogP contribution >= 0.6 is 11.6 Å². The lowest BCUT2D eigenvalue weighted by molar-refractivity contribution is 0.594. The Hall–Kier alpha value is -2.49. The fraction of sp³-hybridized carbons (Fsp3) is 0.316. The van der Waals surface area contributed by atoms with Gasteiger partial charge in [-0.2, -0.15) is 0 Å². The molecule has 0 bridgehead atoms. The van der Waals surface area contributed by atoms with Crippen LogP contribution in [0.25, 0.3) is 11.4 Å². The van der Waals surface area contributed by atoms with Crippen molar-refractivity contribution in [2.45, 2.75) is 30.7 Å². The van der Waals surface area contributed by atoms with E-state index in [0.29, 0.717) is 40.2 Å². The SMILES string of the molecule is N=C(CC1=CC(C2CC2)=NCC1)c1nc(-c2ccc(S(N)(=O)=O)nc2)ncc1Cl. The number of rotatable bonds is 6. The summed E-state index contributed by atoms with van der Waals surface area (Å²) in [5.41, 5.74) is 3.46. The van der Waals surface area contributed by atoms with Gasteiger partial charge in [0.15, 0.2) is 10.9 Å². The first kappa shape index (κ1) is 19.8. The van der Waals surface area contributed by atoms with E-state index in [-0.39, 0.29) is 5.03 Å². The number of dihydropyridines is 1. The third-order valence-corrected chi connectivity index (χ3v) is 5.90. The largest absolute Gasteiger partial charge is 0.303 e. The summed E-state index contributed by atoms with van der Waals surface area (Å²) in [7, 11) is -3.88. The van der Waals surface area contributed by atoms with E-state index in [0.717, 1.165) is 24.3 Å². The van der Waals surface area contributed by atoms with E-state index in [1.165, 1.54) is 37.4 Å². The van der Waals surface area contributed by atoms with Crippen LogP contribution in [0.3, 0.4) is 0 Å². The summed E-state index contributed by atoms with van der Waals surface area (Å²) < 4.78 is 22.7. The molecule has 3 N–H and O–H groups in total. The first-order valence-corrected chi connectivity index (χ1v) is 11.1. The molecule has 0 amide bonds. The highest BCUT2D eigenvalue weighted by Gasteiger charge is 2.27. The summed E-state index contributed by atoms with van der Waals surface area (Å²) in [6.45, 7) is 0.760. The summed E-state index contributed by atoms with van der Waals surface area (Å²) >= 11 is 6.25. The van der Waals surface area contributed by atoms with Gasteiger partial charge in [0.1, 0.15) is 5.69 Å². The van der Waals surface area contributed by atoms with Gasteiger partial charge < -0.3 is 5.41 Å². The van der Waals surface area contributed by atoms with Crippen molar-refractivity contribution in [2.75, 3.05) is 6.54 Å². The zero-order valence-electron chi connectivity index (χ0n) is 15.5. The number of aliphatic imine (C=N–C) groups is 1. The summed E-state index contributed by atoms with van der Waals surface area (Å²) in [6.07, 6.45) is 8.55. The molecule has 2 aliphatic rings. The number of hydrogen-bond donors (Lipinski definition) is 2. The smallest absolute Gasteiger partial charge is 0.255 e. The van der Waals surface area contributed by atoms with Gasteiger partial charge >= 0.3 is 0 Å². The lowest BCUT2D eigenvalue weighted by atomic mass is 9.98. The van der Waals surface area contributed by atoms with Crippen LogP contribution in [0.2, 0.25) is 5.02 Å². The van der Waals surface area contributed by atoms with E-state index in [1.54, 1.807) is 0 Å². The topological polar surface area (TPSA) is 135 Å². The van der Waals surface area contributed by atoms with Gasteiger partial charge in [-0.05, 0) is 37.5 Å². The Morgan fingerprint density at radius 3 is 2.69 bits per heavy atom. The number of pyridine rings is 1. The first-order chi connectivity index (χ1) is 13.8. The number of nitrogens with one attached hydrogen (secondary N) is 1. The van der Waals surface area contributed by atoms with Gasteiger partial charge in [0.2, 0.25) is 0 Å². The molecule has 2 aromatic rings. The van der Waals surface area contributed by atoms with Crippen LogP contribution in [0.4, 0.5) is 0 Å². The molecule has 8 nitrogen and oxygen atoms in total. The van der Waals surface area contributed by atoms with Crippen molar-refractivity contribution in [2.24, 2.45) is 16.0 Å². The van der Waals surface area contributed by atoms with Crippen LogP contribution in [0.15, 0.2) is 46.2 Å². The molecule has 0 unspecified atom stereocenters. The summed E-state index contributed by atoms with van der Waals surface area (Å²) in [5, 5.41) is 13.6. The minimum atomic E-state index is -3.88. The van der Waals surface area contributed by atoms with Crippen molar-refractivity contribution in [3.05, 3.63) is 46.9 Å². The van der Waals surface area contributed by atoms with E-state index in [2.05, 4.69) is 26.0 Å². The van der Waals surface area contributed by atoms with Crippen LogP contribution < -0.4 is 5.14 Å². The van der Waals surface area contributed by atoms with Crippen molar-refractivity contribution in [3.63, 3.8) is 0 Å². The molecule has 1 aliphatic carbocycles. The summed E-state index contributed by atoms with van der Waals surface area (Å²) in [5.74, 6) is 0.891. The zero-order valence-corrected chi connectivity index (χ0v) is 17.0. The third-order valence-electron chi connectivity index (χ3n) is 4.79. The van der Waals surface area contributed by atoms with Crippen LogP contribution in [0, 0.1) is 11.3 Å². The van der Waals surface area contributed by atoms with Gasteiger partial charge in [-0.15, -0.1) is 0 Å². The quantitative estimate of drug-likeness (QED) is 0.679. The maximum atomic E-state index is 11.4. The number of aromatic nitrogens is 3. The second-order valence-corrected chi connectivity index (χ2v) is 9.02. The van der Waals surface area contributed by atoms with Crippen molar-refractivity contribution >= 4 is 33.0 Å². The maximum Gasteiger partial charge on any atom is 0.255 e.